The number of aryl methyl sites for hydroxylation is 1. The number of carbonyl (C=O) groups excluding carboxylic acids is 1. The molecular formula is C22H17ClN4O2. The Morgan fingerprint density at radius 3 is 2.79 bits per heavy atom. The lowest BCUT2D eigenvalue weighted by molar-refractivity contribution is -0.110. The maximum atomic E-state index is 12.5. The lowest BCUT2D eigenvalue weighted by atomic mass is 10.0. The molecule has 4 rings (SSSR count). The SMILES string of the molecule is COc1ccc(-c2nn(CCC#N)cc2/C=C2/C(=O)Nc3cc(Cl)ccc32)cc1. The molecule has 0 bridgehead atoms. The average Bonchev–Trinajstić information content (AvgIpc) is 3.27. The maximum absolute atomic E-state index is 12.5. The van der Waals surface area contributed by atoms with Crippen molar-refractivity contribution in [2.75, 3.05) is 12.4 Å². The van der Waals surface area contributed by atoms with E-state index in [1.54, 1.807) is 23.9 Å². The number of hydrogen-bond donors (Lipinski definition) is 1. The van der Waals surface area contributed by atoms with Crippen molar-refractivity contribution < 1.29 is 9.53 Å². The number of nitriles is 1. The highest BCUT2D eigenvalue weighted by atomic mass is 35.5. The summed E-state index contributed by atoms with van der Waals surface area (Å²) in [4.78, 5) is 12.5. The zero-order valence-corrected chi connectivity index (χ0v) is 16.4. The first-order valence-electron chi connectivity index (χ1n) is 9.01. The third-order valence-electron chi connectivity index (χ3n) is 4.67. The van der Waals surface area contributed by atoms with Crippen LogP contribution in [0.25, 0.3) is 22.9 Å². The molecule has 0 radical (unpaired) electrons. The summed E-state index contributed by atoms with van der Waals surface area (Å²) in [5.41, 5.74) is 4.45. The van der Waals surface area contributed by atoms with E-state index in [1.807, 2.05) is 42.6 Å². The van der Waals surface area contributed by atoms with Crippen molar-refractivity contribution in [3.63, 3.8) is 0 Å². The Kier molecular flexibility index (Phi) is 5.07. The zero-order valence-electron chi connectivity index (χ0n) is 15.6. The Labute approximate surface area is 173 Å². The van der Waals surface area contributed by atoms with Gasteiger partial charge in [0, 0.05) is 33.5 Å². The number of nitrogens with zero attached hydrogens (tertiary/aromatic N) is 3. The summed E-state index contributed by atoms with van der Waals surface area (Å²) in [6.07, 6.45) is 4.02. The van der Waals surface area contributed by atoms with E-state index in [2.05, 4.69) is 16.5 Å². The highest BCUT2D eigenvalue weighted by Crippen LogP contribution is 2.36. The first-order chi connectivity index (χ1) is 14.1. The van der Waals surface area contributed by atoms with Crippen LogP contribution >= 0.6 is 11.6 Å². The molecule has 7 heteroatoms. The number of amides is 1. The van der Waals surface area contributed by atoms with Crippen molar-refractivity contribution in [1.82, 2.24) is 9.78 Å². The molecule has 1 aliphatic heterocycles. The number of halogens is 1. The van der Waals surface area contributed by atoms with Gasteiger partial charge in [0.05, 0.1) is 37.5 Å². The Balaban J connectivity index is 1.80. The standard InChI is InChI=1S/C22H17ClN4O2/c1-29-17-6-3-14(4-7-17)21-15(13-27(26-21)10-2-9-24)11-19-18-8-5-16(23)12-20(18)25-22(19)28/h3-8,11-13H,2,10H2,1H3,(H,25,28)/b19-11+. The Morgan fingerprint density at radius 2 is 2.07 bits per heavy atom. The quantitative estimate of drug-likeness (QED) is 0.629. The van der Waals surface area contributed by atoms with Crippen molar-refractivity contribution in [3.05, 3.63) is 64.8 Å². The van der Waals surface area contributed by atoms with Gasteiger partial charge in [0.1, 0.15) is 5.75 Å². The van der Waals surface area contributed by atoms with E-state index in [0.29, 0.717) is 29.2 Å². The van der Waals surface area contributed by atoms with E-state index in [1.165, 1.54) is 0 Å². The van der Waals surface area contributed by atoms with Gasteiger partial charge in [-0.2, -0.15) is 10.4 Å². The second-order valence-corrected chi connectivity index (χ2v) is 6.97. The van der Waals surface area contributed by atoms with Crippen LogP contribution in [-0.4, -0.2) is 22.8 Å². The molecule has 3 aromatic rings. The lowest BCUT2D eigenvalue weighted by Gasteiger charge is -2.03. The van der Waals surface area contributed by atoms with Gasteiger partial charge in [-0.15, -0.1) is 0 Å². The van der Waals surface area contributed by atoms with Crippen LogP contribution in [0.4, 0.5) is 5.69 Å². The molecule has 1 amide bonds. The highest BCUT2D eigenvalue weighted by Gasteiger charge is 2.25. The number of fused-ring (bicyclic) bond motifs is 1. The summed E-state index contributed by atoms with van der Waals surface area (Å²) in [5.74, 6) is 0.561. The van der Waals surface area contributed by atoms with Gasteiger partial charge in [0.25, 0.3) is 5.91 Å². The van der Waals surface area contributed by atoms with Crippen LogP contribution in [0, 0.1) is 11.3 Å². The minimum absolute atomic E-state index is 0.187. The third kappa shape index (κ3) is 3.73. The largest absolute Gasteiger partial charge is 0.497 e. The molecule has 0 spiro atoms. The number of hydrogen-bond acceptors (Lipinski definition) is 4. The number of benzene rings is 2. The van der Waals surface area contributed by atoms with E-state index in [9.17, 15) is 4.79 Å². The summed E-state index contributed by atoms with van der Waals surface area (Å²) >= 11 is 6.04. The number of carbonyl (C=O) groups is 1. The molecule has 0 atom stereocenters. The number of nitrogens with one attached hydrogen (secondary N) is 1. The van der Waals surface area contributed by atoms with Gasteiger partial charge in [-0.3, -0.25) is 9.48 Å². The van der Waals surface area contributed by atoms with Crippen molar-refractivity contribution in [3.8, 4) is 23.1 Å². The zero-order chi connectivity index (χ0) is 20.4. The van der Waals surface area contributed by atoms with Crippen molar-refractivity contribution >= 4 is 34.8 Å². The fourth-order valence-corrected chi connectivity index (χ4v) is 3.43. The summed E-state index contributed by atoms with van der Waals surface area (Å²) in [7, 11) is 1.61. The Hall–Kier alpha value is -3.56. The molecule has 29 heavy (non-hydrogen) atoms. The van der Waals surface area contributed by atoms with Crippen molar-refractivity contribution in [1.29, 1.82) is 5.26 Å². The molecule has 1 N–H and O–H groups in total. The molecule has 1 aliphatic rings. The van der Waals surface area contributed by atoms with E-state index in [4.69, 9.17) is 21.6 Å². The van der Waals surface area contributed by atoms with Gasteiger partial charge in [-0.1, -0.05) is 17.7 Å². The van der Waals surface area contributed by atoms with E-state index < -0.39 is 0 Å². The Bertz CT molecular complexity index is 1160. The van der Waals surface area contributed by atoms with Crippen molar-refractivity contribution in [2.24, 2.45) is 0 Å². The molecule has 6 nitrogen and oxygen atoms in total. The summed E-state index contributed by atoms with van der Waals surface area (Å²) in [6, 6.07) is 15.0. The van der Waals surface area contributed by atoms with E-state index >= 15 is 0 Å². The fraction of sp³-hybridized carbons (Fsp3) is 0.136. The third-order valence-corrected chi connectivity index (χ3v) is 4.91. The van der Waals surface area contributed by atoms with Gasteiger partial charge >= 0.3 is 0 Å². The summed E-state index contributed by atoms with van der Waals surface area (Å²) < 4.78 is 6.95. The molecule has 144 valence electrons. The predicted molar refractivity (Wildman–Crippen MR) is 112 cm³/mol. The normalized spacial score (nSPS) is 13.8. The second-order valence-electron chi connectivity index (χ2n) is 6.53. The minimum Gasteiger partial charge on any atom is -0.497 e. The van der Waals surface area contributed by atoms with Crippen LogP contribution in [0.15, 0.2) is 48.7 Å². The summed E-state index contributed by atoms with van der Waals surface area (Å²) in [6.45, 7) is 0.473. The molecule has 0 saturated heterocycles. The smallest absolute Gasteiger partial charge is 0.256 e. The van der Waals surface area contributed by atoms with Crippen LogP contribution in [0.5, 0.6) is 5.75 Å². The van der Waals surface area contributed by atoms with Gasteiger partial charge in [0.2, 0.25) is 0 Å². The number of methoxy groups -OCH3 is 1. The lowest BCUT2D eigenvalue weighted by Crippen LogP contribution is -2.03. The minimum atomic E-state index is -0.187. The Morgan fingerprint density at radius 1 is 1.28 bits per heavy atom. The number of anilines is 1. The van der Waals surface area contributed by atoms with Crippen LogP contribution in [0.3, 0.4) is 0 Å². The van der Waals surface area contributed by atoms with Crippen molar-refractivity contribution in [2.45, 2.75) is 13.0 Å². The van der Waals surface area contributed by atoms with Crippen LogP contribution in [0.2, 0.25) is 5.02 Å². The van der Waals surface area contributed by atoms with E-state index in [-0.39, 0.29) is 5.91 Å². The van der Waals surface area contributed by atoms with Crippen LogP contribution in [-0.2, 0) is 11.3 Å². The molecular weight excluding hydrogens is 388 g/mol. The highest BCUT2D eigenvalue weighted by molar-refractivity contribution is 6.36. The average molecular weight is 405 g/mol. The summed E-state index contributed by atoms with van der Waals surface area (Å²) in [5, 5.41) is 16.9. The monoisotopic (exact) mass is 404 g/mol. The molecule has 0 fully saturated rings. The predicted octanol–water partition coefficient (Wildman–Crippen LogP) is 4.62. The van der Waals surface area contributed by atoms with Gasteiger partial charge in [-0.05, 0) is 42.5 Å². The van der Waals surface area contributed by atoms with E-state index in [0.717, 1.165) is 28.1 Å². The van der Waals surface area contributed by atoms with Crippen LogP contribution < -0.4 is 10.1 Å². The molecule has 0 unspecified atom stereocenters. The number of rotatable bonds is 5. The number of ether oxygens (including phenoxy) is 1. The first-order valence-corrected chi connectivity index (χ1v) is 9.38. The molecule has 0 aliphatic carbocycles. The number of aromatic nitrogens is 2. The van der Waals surface area contributed by atoms with Gasteiger partial charge in [0.15, 0.2) is 0 Å². The van der Waals surface area contributed by atoms with Crippen LogP contribution in [0.1, 0.15) is 17.5 Å². The molecule has 2 aromatic carbocycles. The first kappa shape index (κ1) is 18.8. The van der Waals surface area contributed by atoms with Gasteiger partial charge < -0.3 is 10.1 Å². The fourth-order valence-electron chi connectivity index (χ4n) is 3.26. The topological polar surface area (TPSA) is 79.9 Å². The van der Waals surface area contributed by atoms with Gasteiger partial charge in [-0.25, -0.2) is 0 Å². The molecule has 2 heterocycles. The molecule has 0 saturated carbocycles. The molecule has 1 aromatic heterocycles. The second kappa shape index (κ2) is 7.82. The maximum Gasteiger partial charge on any atom is 0.256 e.